The third kappa shape index (κ3) is 2.02. The zero-order valence-electron chi connectivity index (χ0n) is 10.2. The number of β-amino-alcohol motifs (C(OH)–C–C–N with tert-alkyl or cyclic N) is 2. The molecule has 1 saturated heterocycles. The lowest BCUT2D eigenvalue weighted by molar-refractivity contribution is 0.0572. The molecule has 0 aliphatic carbocycles. The van der Waals surface area contributed by atoms with Crippen molar-refractivity contribution in [3.05, 3.63) is 27.2 Å². The number of rotatable bonds is 1. The van der Waals surface area contributed by atoms with E-state index in [2.05, 4.69) is 10.2 Å². The Kier molecular flexibility index (Phi) is 3.18. The lowest BCUT2D eigenvalue weighted by Gasteiger charge is -2.16. The fraction of sp³-hybridized carbons (Fsp3) is 0.545. The molecule has 7 nitrogen and oxygen atoms in total. The molecule has 7 heteroatoms. The summed E-state index contributed by atoms with van der Waals surface area (Å²) in [4.78, 5) is 25.1. The summed E-state index contributed by atoms with van der Waals surface area (Å²) in [5.41, 5.74) is 0.542. The van der Waals surface area contributed by atoms with Crippen molar-refractivity contribution >= 4 is 5.91 Å². The number of aromatic nitrogens is 2. The molecule has 2 heterocycles. The summed E-state index contributed by atoms with van der Waals surface area (Å²) in [6.45, 7) is 3.39. The fourth-order valence-electron chi connectivity index (χ4n) is 1.98. The number of aliphatic hydroxyl groups is 2. The Morgan fingerprint density at radius 3 is 2.44 bits per heavy atom. The van der Waals surface area contributed by atoms with E-state index in [1.807, 2.05) is 0 Å². The summed E-state index contributed by atoms with van der Waals surface area (Å²) in [5.74, 6) is -0.491. The van der Waals surface area contributed by atoms with Crippen molar-refractivity contribution in [2.24, 2.45) is 0 Å². The Balaban J connectivity index is 2.36. The van der Waals surface area contributed by atoms with Crippen molar-refractivity contribution in [2.75, 3.05) is 13.1 Å². The maximum atomic E-state index is 12.2. The highest BCUT2D eigenvalue weighted by atomic mass is 16.3. The van der Waals surface area contributed by atoms with Gasteiger partial charge in [-0.2, -0.15) is 5.10 Å². The molecule has 1 fully saturated rings. The first-order valence-electron chi connectivity index (χ1n) is 5.63. The molecule has 18 heavy (non-hydrogen) atoms. The molecule has 98 valence electrons. The Morgan fingerprint density at radius 2 is 1.89 bits per heavy atom. The molecule has 2 atom stereocenters. The van der Waals surface area contributed by atoms with Gasteiger partial charge in [-0.15, -0.1) is 0 Å². The molecule has 1 aromatic rings. The van der Waals surface area contributed by atoms with Gasteiger partial charge in [0.05, 0.1) is 17.9 Å². The van der Waals surface area contributed by atoms with Crippen LogP contribution in [0.1, 0.15) is 21.6 Å². The van der Waals surface area contributed by atoms with Gasteiger partial charge >= 0.3 is 0 Å². The SMILES string of the molecule is Cc1n[nH]c(=O)c(C(=O)N2C[C@@H](O)[C@@H](O)C2)c1C. The molecule has 0 radical (unpaired) electrons. The van der Waals surface area contributed by atoms with Crippen molar-refractivity contribution in [2.45, 2.75) is 26.1 Å². The topological polar surface area (TPSA) is 107 Å². The Labute approximate surface area is 103 Å². The van der Waals surface area contributed by atoms with E-state index >= 15 is 0 Å². The van der Waals surface area contributed by atoms with E-state index in [1.54, 1.807) is 13.8 Å². The van der Waals surface area contributed by atoms with E-state index in [4.69, 9.17) is 0 Å². The van der Waals surface area contributed by atoms with Crippen LogP contribution in [0.2, 0.25) is 0 Å². The van der Waals surface area contributed by atoms with E-state index in [1.165, 1.54) is 4.90 Å². The number of likely N-dealkylation sites (tertiary alicyclic amines) is 1. The normalized spacial score (nSPS) is 23.4. The van der Waals surface area contributed by atoms with E-state index in [0.717, 1.165) is 0 Å². The molecule has 1 aliphatic heterocycles. The zero-order valence-corrected chi connectivity index (χ0v) is 10.2. The van der Waals surface area contributed by atoms with Gasteiger partial charge in [-0.1, -0.05) is 0 Å². The van der Waals surface area contributed by atoms with Crippen molar-refractivity contribution in [3.8, 4) is 0 Å². The number of carbonyl (C=O) groups excluding carboxylic acids is 1. The Hall–Kier alpha value is -1.73. The van der Waals surface area contributed by atoms with Gasteiger partial charge in [0.15, 0.2) is 0 Å². The van der Waals surface area contributed by atoms with Gasteiger partial charge in [-0.3, -0.25) is 9.59 Å². The van der Waals surface area contributed by atoms with Crippen molar-refractivity contribution in [3.63, 3.8) is 0 Å². The summed E-state index contributed by atoms with van der Waals surface area (Å²) in [7, 11) is 0. The molecule has 1 aliphatic rings. The number of H-pyrrole nitrogens is 1. The Morgan fingerprint density at radius 1 is 1.33 bits per heavy atom. The highest BCUT2D eigenvalue weighted by molar-refractivity contribution is 5.95. The summed E-state index contributed by atoms with van der Waals surface area (Å²) < 4.78 is 0. The average Bonchev–Trinajstić information content (AvgIpc) is 2.65. The highest BCUT2D eigenvalue weighted by Crippen LogP contribution is 2.15. The number of aliphatic hydroxyl groups excluding tert-OH is 2. The maximum Gasteiger partial charge on any atom is 0.277 e. The molecule has 1 aromatic heterocycles. The number of hydrogen-bond acceptors (Lipinski definition) is 5. The minimum atomic E-state index is -0.962. The number of nitrogens with zero attached hydrogens (tertiary/aromatic N) is 2. The standard InChI is InChI=1S/C11H15N3O4/c1-5-6(2)12-13-10(17)9(5)11(18)14-3-7(15)8(16)4-14/h7-8,15-16H,3-4H2,1-2H3,(H,13,17)/t7-,8+. The van der Waals surface area contributed by atoms with Gasteiger partial charge in [0.1, 0.15) is 5.56 Å². The van der Waals surface area contributed by atoms with Crippen molar-refractivity contribution in [1.82, 2.24) is 15.1 Å². The van der Waals surface area contributed by atoms with Crippen LogP contribution in [0.15, 0.2) is 4.79 Å². The number of amides is 1. The second kappa shape index (κ2) is 4.51. The first-order valence-corrected chi connectivity index (χ1v) is 5.63. The molecular formula is C11H15N3O4. The molecule has 0 saturated carbocycles. The van der Waals surface area contributed by atoms with Crippen LogP contribution in [0, 0.1) is 13.8 Å². The van der Waals surface area contributed by atoms with Gasteiger partial charge < -0.3 is 15.1 Å². The zero-order chi connectivity index (χ0) is 13.4. The smallest absolute Gasteiger partial charge is 0.277 e. The van der Waals surface area contributed by atoms with Crippen LogP contribution < -0.4 is 5.56 Å². The molecule has 0 aromatic carbocycles. The lowest BCUT2D eigenvalue weighted by atomic mass is 10.1. The maximum absolute atomic E-state index is 12.2. The lowest BCUT2D eigenvalue weighted by Crippen LogP contribution is -2.35. The van der Waals surface area contributed by atoms with Gasteiger partial charge in [-0.05, 0) is 19.4 Å². The van der Waals surface area contributed by atoms with Crippen LogP contribution in [-0.2, 0) is 0 Å². The number of aromatic amines is 1. The third-order valence-corrected chi connectivity index (χ3v) is 3.23. The molecule has 2 rings (SSSR count). The van der Waals surface area contributed by atoms with E-state index in [9.17, 15) is 19.8 Å². The number of nitrogens with one attached hydrogen (secondary N) is 1. The molecule has 0 unspecified atom stereocenters. The van der Waals surface area contributed by atoms with Gasteiger partial charge in [0.2, 0.25) is 0 Å². The largest absolute Gasteiger partial charge is 0.388 e. The summed E-state index contributed by atoms with van der Waals surface area (Å²) >= 11 is 0. The minimum absolute atomic E-state index is 0.0174. The molecule has 1 amide bonds. The first-order chi connectivity index (χ1) is 8.41. The van der Waals surface area contributed by atoms with Gasteiger partial charge in [0.25, 0.3) is 11.5 Å². The average molecular weight is 253 g/mol. The summed E-state index contributed by atoms with van der Waals surface area (Å²) in [6.07, 6.45) is -1.92. The Bertz CT molecular complexity index is 530. The number of aryl methyl sites for hydroxylation is 1. The summed E-state index contributed by atoms with van der Waals surface area (Å²) in [5, 5.41) is 24.9. The van der Waals surface area contributed by atoms with Crippen molar-refractivity contribution in [1.29, 1.82) is 0 Å². The van der Waals surface area contributed by atoms with Crippen LogP contribution in [-0.4, -0.2) is 56.5 Å². The van der Waals surface area contributed by atoms with Crippen LogP contribution >= 0.6 is 0 Å². The van der Waals surface area contributed by atoms with Gasteiger partial charge in [-0.25, -0.2) is 5.10 Å². The van der Waals surface area contributed by atoms with Crippen LogP contribution in [0.3, 0.4) is 0 Å². The molecule has 3 N–H and O–H groups in total. The summed E-state index contributed by atoms with van der Waals surface area (Å²) in [6, 6.07) is 0. The quantitative estimate of drug-likeness (QED) is 0.568. The molecular weight excluding hydrogens is 238 g/mol. The van der Waals surface area contributed by atoms with E-state index in [-0.39, 0.29) is 18.7 Å². The minimum Gasteiger partial charge on any atom is -0.388 e. The number of hydrogen-bond donors (Lipinski definition) is 3. The second-order valence-corrected chi connectivity index (χ2v) is 4.48. The van der Waals surface area contributed by atoms with Crippen LogP contribution in [0.5, 0.6) is 0 Å². The van der Waals surface area contributed by atoms with E-state index < -0.39 is 23.7 Å². The van der Waals surface area contributed by atoms with Crippen molar-refractivity contribution < 1.29 is 15.0 Å². The predicted octanol–water partition coefficient (Wildman–Crippen LogP) is -1.44. The highest BCUT2D eigenvalue weighted by Gasteiger charge is 2.34. The first kappa shape index (κ1) is 12.7. The third-order valence-electron chi connectivity index (χ3n) is 3.23. The van der Waals surface area contributed by atoms with Crippen LogP contribution in [0.25, 0.3) is 0 Å². The predicted molar refractivity (Wildman–Crippen MR) is 62.2 cm³/mol. The fourth-order valence-corrected chi connectivity index (χ4v) is 1.98. The molecule has 0 bridgehead atoms. The van der Waals surface area contributed by atoms with Crippen LogP contribution in [0.4, 0.5) is 0 Å². The monoisotopic (exact) mass is 253 g/mol. The second-order valence-electron chi connectivity index (χ2n) is 4.48. The van der Waals surface area contributed by atoms with Gasteiger partial charge in [0, 0.05) is 13.1 Å². The van der Waals surface area contributed by atoms with E-state index in [0.29, 0.717) is 11.3 Å². The molecule has 0 spiro atoms. The number of carbonyl (C=O) groups is 1.